The molecule has 0 bridgehead atoms. The van der Waals surface area contributed by atoms with Gasteiger partial charge in [0.15, 0.2) is 5.92 Å². The molecule has 0 spiro atoms. The quantitative estimate of drug-likeness (QED) is 0.356. The summed E-state index contributed by atoms with van der Waals surface area (Å²) in [5.74, 6) is -3.75. The molecule has 0 aliphatic rings. The summed E-state index contributed by atoms with van der Waals surface area (Å²) in [7, 11) is 0. The van der Waals surface area contributed by atoms with Gasteiger partial charge in [0.1, 0.15) is 0 Å². The van der Waals surface area contributed by atoms with E-state index in [0.29, 0.717) is 6.42 Å². The van der Waals surface area contributed by atoms with Crippen LogP contribution in [0.5, 0.6) is 0 Å². The fourth-order valence-electron chi connectivity index (χ4n) is 1.17. The van der Waals surface area contributed by atoms with Crippen LogP contribution in [0, 0.1) is 5.92 Å². The van der Waals surface area contributed by atoms with Crippen molar-refractivity contribution in [2.75, 3.05) is 0 Å². The highest BCUT2D eigenvalue weighted by molar-refractivity contribution is 5.92. The van der Waals surface area contributed by atoms with Crippen LogP contribution < -0.4 is 0 Å². The first-order valence-corrected chi connectivity index (χ1v) is 4.66. The highest BCUT2D eigenvalue weighted by atomic mass is 16.4. The second-order valence-electron chi connectivity index (χ2n) is 3.16. The van der Waals surface area contributed by atoms with Crippen LogP contribution in [0.3, 0.4) is 0 Å². The number of rotatable bonds is 8. The standard InChI is InChI=1S/C10H16O4/c1-2-3-4-5-6-7-8(9(11)12)10(13)14/h2,8H,1,3-7H2,(H,11,12)(H,13,14). The number of unbranched alkanes of at least 4 members (excludes halogenated alkanes) is 3. The first kappa shape index (κ1) is 12.7. The number of carbonyl (C=O) groups is 2. The number of carboxylic acids is 2. The molecule has 4 heteroatoms. The first-order chi connectivity index (χ1) is 6.59. The van der Waals surface area contributed by atoms with Gasteiger partial charge in [0.05, 0.1) is 0 Å². The second-order valence-corrected chi connectivity index (χ2v) is 3.16. The van der Waals surface area contributed by atoms with Crippen LogP contribution in [0.2, 0.25) is 0 Å². The molecule has 0 unspecified atom stereocenters. The second kappa shape index (κ2) is 7.12. The van der Waals surface area contributed by atoms with Gasteiger partial charge in [-0.3, -0.25) is 9.59 Å². The summed E-state index contributed by atoms with van der Waals surface area (Å²) < 4.78 is 0. The Bertz CT molecular complexity index is 196. The lowest BCUT2D eigenvalue weighted by Gasteiger charge is -2.05. The highest BCUT2D eigenvalue weighted by Gasteiger charge is 2.24. The maximum Gasteiger partial charge on any atom is 0.317 e. The average Bonchev–Trinajstić information content (AvgIpc) is 2.09. The van der Waals surface area contributed by atoms with E-state index in [0.717, 1.165) is 19.3 Å². The maximum absolute atomic E-state index is 10.5. The molecule has 0 saturated heterocycles. The Kier molecular flexibility index (Phi) is 6.45. The topological polar surface area (TPSA) is 74.6 Å². The molecule has 0 radical (unpaired) electrons. The van der Waals surface area contributed by atoms with Gasteiger partial charge in [-0.15, -0.1) is 6.58 Å². The Labute approximate surface area is 83.2 Å². The van der Waals surface area contributed by atoms with Gasteiger partial charge < -0.3 is 10.2 Å². The maximum atomic E-state index is 10.5. The van der Waals surface area contributed by atoms with Crippen LogP contribution in [0.25, 0.3) is 0 Å². The van der Waals surface area contributed by atoms with Crippen molar-refractivity contribution in [2.24, 2.45) is 5.92 Å². The van der Waals surface area contributed by atoms with E-state index in [9.17, 15) is 9.59 Å². The largest absolute Gasteiger partial charge is 0.481 e. The Morgan fingerprint density at radius 3 is 2.14 bits per heavy atom. The summed E-state index contributed by atoms with van der Waals surface area (Å²) >= 11 is 0. The molecule has 0 heterocycles. The summed E-state index contributed by atoms with van der Waals surface area (Å²) in [5, 5.41) is 17.1. The molecule has 2 N–H and O–H groups in total. The lowest BCUT2D eigenvalue weighted by Crippen LogP contribution is -2.23. The summed E-state index contributed by atoms with van der Waals surface area (Å²) in [4.78, 5) is 20.9. The van der Waals surface area contributed by atoms with E-state index in [1.54, 1.807) is 6.08 Å². The predicted molar refractivity (Wildman–Crippen MR) is 52.0 cm³/mol. The third-order valence-electron chi connectivity index (χ3n) is 2.00. The van der Waals surface area contributed by atoms with Crippen molar-refractivity contribution in [3.8, 4) is 0 Å². The van der Waals surface area contributed by atoms with E-state index in [4.69, 9.17) is 10.2 Å². The van der Waals surface area contributed by atoms with Crippen molar-refractivity contribution >= 4 is 11.9 Å². The smallest absolute Gasteiger partial charge is 0.317 e. The van der Waals surface area contributed by atoms with Gasteiger partial charge in [-0.25, -0.2) is 0 Å². The zero-order valence-electron chi connectivity index (χ0n) is 8.11. The molecule has 0 aromatic carbocycles. The van der Waals surface area contributed by atoms with Gasteiger partial charge in [0.25, 0.3) is 0 Å². The molecule has 80 valence electrons. The predicted octanol–water partition coefficient (Wildman–Crippen LogP) is 1.91. The fourth-order valence-corrected chi connectivity index (χ4v) is 1.17. The van der Waals surface area contributed by atoms with Crippen LogP contribution in [0.15, 0.2) is 12.7 Å². The lowest BCUT2D eigenvalue weighted by molar-refractivity contribution is -0.154. The minimum absolute atomic E-state index is 0.210. The zero-order valence-corrected chi connectivity index (χ0v) is 8.11. The van der Waals surface area contributed by atoms with Gasteiger partial charge in [-0.1, -0.05) is 18.9 Å². The number of carboxylic acid groups (broad SMARTS) is 2. The Morgan fingerprint density at radius 2 is 1.71 bits per heavy atom. The monoisotopic (exact) mass is 200 g/mol. The summed E-state index contributed by atoms with van der Waals surface area (Å²) in [5.41, 5.74) is 0. The molecule has 0 rings (SSSR count). The molecular weight excluding hydrogens is 184 g/mol. The van der Waals surface area contributed by atoms with Crippen molar-refractivity contribution in [1.82, 2.24) is 0 Å². The van der Waals surface area contributed by atoms with E-state index in [2.05, 4.69) is 6.58 Å². The molecule has 0 fully saturated rings. The minimum Gasteiger partial charge on any atom is -0.481 e. The number of allylic oxidation sites excluding steroid dienone is 1. The van der Waals surface area contributed by atoms with Gasteiger partial charge in [0, 0.05) is 0 Å². The molecule has 14 heavy (non-hydrogen) atoms. The molecule has 0 aromatic heterocycles. The fraction of sp³-hybridized carbons (Fsp3) is 0.600. The van der Waals surface area contributed by atoms with Crippen LogP contribution in [-0.4, -0.2) is 22.2 Å². The molecule has 0 saturated carbocycles. The van der Waals surface area contributed by atoms with Gasteiger partial charge in [-0.2, -0.15) is 0 Å². The lowest BCUT2D eigenvalue weighted by atomic mass is 10.0. The summed E-state index contributed by atoms with van der Waals surface area (Å²) in [6.45, 7) is 3.56. The van der Waals surface area contributed by atoms with Crippen LogP contribution in [0.4, 0.5) is 0 Å². The van der Waals surface area contributed by atoms with Crippen molar-refractivity contribution in [2.45, 2.75) is 32.1 Å². The molecule has 0 aliphatic carbocycles. The van der Waals surface area contributed by atoms with Gasteiger partial charge in [0.2, 0.25) is 0 Å². The summed E-state index contributed by atoms with van der Waals surface area (Å²) in [6.07, 6.45) is 5.33. The van der Waals surface area contributed by atoms with Crippen LogP contribution >= 0.6 is 0 Å². The van der Waals surface area contributed by atoms with E-state index < -0.39 is 17.9 Å². The van der Waals surface area contributed by atoms with E-state index in [1.165, 1.54) is 0 Å². The number of aliphatic carboxylic acids is 2. The summed E-state index contributed by atoms with van der Waals surface area (Å²) in [6, 6.07) is 0. The molecular formula is C10H16O4. The van der Waals surface area contributed by atoms with E-state index in [1.807, 2.05) is 0 Å². The molecule has 0 aliphatic heterocycles. The number of hydrogen-bond donors (Lipinski definition) is 2. The third kappa shape index (κ3) is 5.35. The normalized spacial score (nSPS) is 10.1. The molecule has 0 amide bonds. The van der Waals surface area contributed by atoms with E-state index in [-0.39, 0.29) is 6.42 Å². The van der Waals surface area contributed by atoms with Gasteiger partial charge >= 0.3 is 11.9 Å². The minimum atomic E-state index is -1.25. The molecule has 0 atom stereocenters. The first-order valence-electron chi connectivity index (χ1n) is 4.66. The van der Waals surface area contributed by atoms with Gasteiger partial charge in [-0.05, 0) is 19.3 Å². The molecule has 0 aromatic rings. The zero-order chi connectivity index (χ0) is 11.0. The van der Waals surface area contributed by atoms with Crippen molar-refractivity contribution in [3.63, 3.8) is 0 Å². The Balaban J connectivity index is 3.67. The number of hydrogen-bond acceptors (Lipinski definition) is 2. The highest BCUT2D eigenvalue weighted by Crippen LogP contribution is 2.11. The molecule has 4 nitrogen and oxygen atoms in total. The van der Waals surface area contributed by atoms with Crippen molar-refractivity contribution < 1.29 is 19.8 Å². The third-order valence-corrected chi connectivity index (χ3v) is 2.00. The Hall–Kier alpha value is -1.32. The van der Waals surface area contributed by atoms with Crippen LogP contribution in [-0.2, 0) is 9.59 Å². The van der Waals surface area contributed by atoms with Crippen molar-refractivity contribution in [3.05, 3.63) is 12.7 Å². The van der Waals surface area contributed by atoms with Crippen LogP contribution in [0.1, 0.15) is 32.1 Å². The average molecular weight is 200 g/mol. The SMILES string of the molecule is C=CCCCCCC(C(=O)O)C(=O)O. The Morgan fingerprint density at radius 1 is 1.14 bits per heavy atom. The van der Waals surface area contributed by atoms with Crippen molar-refractivity contribution in [1.29, 1.82) is 0 Å². The van der Waals surface area contributed by atoms with E-state index >= 15 is 0 Å².